The summed E-state index contributed by atoms with van der Waals surface area (Å²) in [6.07, 6.45) is 1.91. The van der Waals surface area contributed by atoms with Gasteiger partial charge < -0.3 is 10.1 Å². The van der Waals surface area contributed by atoms with E-state index in [1.807, 2.05) is 24.3 Å². The molecule has 0 spiro atoms. The zero-order valence-electron chi connectivity index (χ0n) is 9.53. The van der Waals surface area contributed by atoms with E-state index in [2.05, 4.69) is 27.3 Å². The van der Waals surface area contributed by atoms with Crippen LogP contribution in [0.25, 0.3) is 0 Å². The molecule has 17 heavy (non-hydrogen) atoms. The second-order valence-corrected chi connectivity index (χ2v) is 5.04. The van der Waals surface area contributed by atoms with Gasteiger partial charge in [-0.2, -0.15) is 5.26 Å². The Kier molecular flexibility index (Phi) is 4.41. The molecule has 1 aliphatic heterocycles. The summed E-state index contributed by atoms with van der Waals surface area (Å²) >= 11 is 3.48. The van der Waals surface area contributed by atoms with E-state index < -0.39 is 0 Å². The van der Waals surface area contributed by atoms with Crippen molar-refractivity contribution in [1.82, 2.24) is 0 Å². The molecule has 2 rings (SSSR count). The molecule has 1 heterocycles. The maximum Gasteiger partial charge on any atom is 0.117 e. The number of rotatable bonds is 3. The van der Waals surface area contributed by atoms with Crippen molar-refractivity contribution in [3.63, 3.8) is 0 Å². The molecule has 90 valence electrons. The Morgan fingerprint density at radius 3 is 2.71 bits per heavy atom. The highest BCUT2D eigenvalue weighted by Gasteiger charge is 2.24. The molecular weight excluding hydrogens is 280 g/mol. The van der Waals surface area contributed by atoms with Crippen LogP contribution in [0.4, 0.5) is 5.69 Å². The first-order chi connectivity index (χ1) is 8.31. The average Bonchev–Trinajstić information content (AvgIpc) is 2.39. The predicted octanol–water partition coefficient (Wildman–Crippen LogP) is 3.18. The fourth-order valence-electron chi connectivity index (χ4n) is 2.05. The fraction of sp³-hybridized carbons (Fsp3) is 0.462. The van der Waals surface area contributed by atoms with Crippen molar-refractivity contribution in [3.05, 3.63) is 28.7 Å². The van der Waals surface area contributed by atoms with Crippen LogP contribution in [-0.2, 0) is 4.74 Å². The molecule has 0 bridgehead atoms. The lowest BCUT2D eigenvalue weighted by molar-refractivity contribution is 0.0651. The van der Waals surface area contributed by atoms with Gasteiger partial charge in [0.25, 0.3) is 0 Å². The van der Waals surface area contributed by atoms with Gasteiger partial charge in [-0.15, -0.1) is 0 Å². The number of hydrogen-bond donors (Lipinski definition) is 1. The Morgan fingerprint density at radius 1 is 1.35 bits per heavy atom. The monoisotopic (exact) mass is 294 g/mol. The largest absolute Gasteiger partial charge is 0.381 e. The third-order valence-electron chi connectivity index (χ3n) is 3.06. The van der Waals surface area contributed by atoms with Gasteiger partial charge in [-0.1, -0.05) is 12.1 Å². The Balaban J connectivity index is 2.05. The van der Waals surface area contributed by atoms with Gasteiger partial charge in [0.1, 0.15) is 6.04 Å². The molecule has 1 aliphatic rings. The number of benzene rings is 1. The Bertz CT molecular complexity index is 410. The topological polar surface area (TPSA) is 45.0 Å². The summed E-state index contributed by atoms with van der Waals surface area (Å²) in [5.74, 6) is 0.376. The van der Waals surface area contributed by atoms with Crippen molar-refractivity contribution in [2.75, 3.05) is 18.5 Å². The zero-order chi connectivity index (χ0) is 12.1. The first kappa shape index (κ1) is 12.4. The number of nitrogens with zero attached hydrogens (tertiary/aromatic N) is 1. The standard InChI is InChI=1S/C13H15BrN2O/c14-11-3-1-2-4-12(11)16-13(9-15)10-5-7-17-8-6-10/h1-4,10,13,16H,5-8H2. The van der Waals surface area contributed by atoms with Crippen molar-refractivity contribution >= 4 is 21.6 Å². The Hall–Kier alpha value is -1.05. The lowest BCUT2D eigenvalue weighted by Gasteiger charge is -2.27. The van der Waals surface area contributed by atoms with Crippen LogP contribution >= 0.6 is 15.9 Å². The van der Waals surface area contributed by atoms with E-state index in [1.54, 1.807) is 0 Å². The van der Waals surface area contributed by atoms with Crippen LogP contribution in [0.3, 0.4) is 0 Å². The maximum absolute atomic E-state index is 9.26. The number of anilines is 1. The average molecular weight is 295 g/mol. The summed E-state index contributed by atoms with van der Waals surface area (Å²) in [5, 5.41) is 12.6. The Morgan fingerprint density at radius 2 is 2.06 bits per heavy atom. The minimum absolute atomic E-state index is 0.141. The van der Waals surface area contributed by atoms with E-state index in [4.69, 9.17) is 4.74 Å². The normalized spacial score (nSPS) is 18.4. The minimum atomic E-state index is -0.141. The molecule has 3 nitrogen and oxygen atoms in total. The van der Waals surface area contributed by atoms with Crippen molar-refractivity contribution in [2.24, 2.45) is 5.92 Å². The number of nitrogens with one attached hydrogen (secondary N) is 1. The van der Waals surface area contributed by atoms with E-state index in [-0.39, 0.29) is 6.04 Å². The number of halogens is 1. The summed E-state index contributed by atoms with van der Waals surface area (Å²) in [6.45, 7) is 1.53. The highest BCUT2D eigenvalue weighted by molar-refractivity contribution is 9.10. The molecule has 4 heteroatoms. The predicted molar refractivity (Wildman–Crippen MR) is 70.7 cm³/mol. The smallest absolute Gasteiger partial charge is 0.117 e. The SMILES string of the molecule is N#CC(Nc1ccccc1Br)C1CCOCC1. The van der Waals surface area contributed by atoms with E-state index in [0.29, 0.717) is 5.92 Å². The first-order valence-corrected chi connectivity index (χ1v) is 6.59. The number of ether oxygens (including phenoxy) is 1. The van der Waals surface area contributed by atoms with E-state index in [0.717, 1.165) is 36.2 Å². The lowest BCUT2D eigenvalue weighted by atomic mass is 9.92. The van der Waals surface area contributed by atoms with Gasteiger partial charge in [0.05, 0.1) is 6.07 Å². The second kappa shape index (κ2) is 6.04. The van der Waals surface area contributed by atoms with Gasteiger partial charge in [0, 0.05) is 23.4 Å². The molecular formula is C13H15BrN2O. The third-order valence-corrected chi connectivity index (χ3v) is 3.75. The molecule has 1 aromatic carbocycles. The van der Waals surface area contributed by atoms with Gasteiger partial charge in [-0.05, 0) is 46.8 Å². The zero-order valence-corrected chi connectivity index (χ0v) is 11.1. The summed E-state index contributed by atoms with van der Waals surface area (Å²) < 4.78 is 6.31. The van der Waals surface area contributed by atoms with Crippen LogP contribution in [0, 0.1) is 17.2 Å². The van der Waals surface area contributed by atoms with Gasteiger partial charge in [-0.3, -0.25) is 0 Å². The molecule has 0 aliphatic carbocycles. The first-order valence-electron chi connectivity index (χ1n) is 5.79. The second-order valence-electron chi connectivity index (χ2n) is 4.18. The molecule has 0 aromatic heterocycles. The molecule has 0 amide bonds. The van der Waals surface area contributed by atoms with E-state index in [9.17, 15) is 5.26 Å². The van der Waals surface area contributed by atoms with Crippen LogP contribution in [-0.4, -0.2) is 19.3 Å². The lowest BCUT2D eigenvalue weighted by Crippen LogP contribution is -2.32. The van der Waals surface area contributed by atoms with E-state index in [1.165, 1.54) is 0 Å². The molecule has 1 aromatic rings. The van der Waals surface area contributed by atoms with Crippen molar-refractivity contribution in [3.8, 4) is 6.07 Å². The van der Waals surface area contributed by atoms with Crippen LogP contribution in [0.15, 0.2) is 28.7 Å². The van der Waals surface area contributed by atoms with Crippen LogP contribution in [0.1, 0.15) is 12.8 Å². The maximum atomic E-state index is 9.26. The summed E-state index contributed by atoms with van der Waals surface area (Å²) in [6, 6.07) is 10.1. The van der Waals surface area contributed by atoms with Gasteiger partial charge in [-0.25, -0.2) is 0 Å². The number of para-hydroxylation sites is 1. The number of hydrogen-bond acceptors (Lipinski definition) is 3. The molecule has 0 saturated carbocycles. The molecule has 1 saturated heterocycles. The summed E-state index contributed by atoms with van der Waals surface area (Å²) in [4.78, 5) is 0. The quantitative estimate of drug-likeness (QED) is 0.931. The van der Waals surface area contributed by atoms with Crippen LogP contribution in [0.2, 0.25) is 0 Å². The van der Waals surface area contributed by atoms with Crippen molar-refractivity contribution in [1.29, 1.82) is 5.26 Å². The molecule has 1 atom stereocenters. The summed E-state index contributed by atoms with van der Waals surface area (Å²) in [5.41, 5.74) is 0.977. The van der Waals surface area contributed by atoms with Crippen LogP contribution in [0.5, 0.6) is 0 Å². The number of nitriles is 1. The minimum Gasteiger partial charge on any atom is -0.381 e. The van der Waals surface area contributed by atoms with Crippen molar-refractivity contribution < 1.29 is 4.74 Å². The summed E-state index contributed by atoms with van der Waals surface area (Å²) in [7, 11) is 0. The van der Waals surface area contributed by atoms with Gasteiger partial charge in [0.2, 0.25) is 0 Å². The van der Waals surface area contributed by atoms with Crippen molar-refractivity contribution in [2.45, 2.75) is 18.9 Å². The molecule has 1 unspecified atom stereocenters. The van der Waals surface area contributed by atoms with Gasteiger partial charge in [0.15, 0.2) is 0 Å². The third kappa shape index (κ3) is 3.21. The fourth-order valence-corrected chi connectivity index (χ4v) is 2.45. The highest BCUT2D eigenvalue weighted by atomic mass is 79.9. The highest BCUT2D eigenvalue weighted by Crippen LogP contribution is 2.26. The molecule has 1 N–H and O–H groups in total. The molecule has 0 radical (unpaired) electrons. The van der Waals surface area contributed by atoms with Crippen LogP contribution < -0.4 is 5.32 Å². The van der Waals surface area contributed by atoms with E-state index >= 15 is 0 Å². The molecule has 1 fully saturated rings. The Labute approximate surface area is 110 Å². The van der Waals surface area contributed by atoms with Gasteiger partial charge >= 0.3 is 0 Å².